The largest absolute Gasteiger partial charge is 0.467 e. The first-order chi connectivity index (χ1) is 6.91. The van der Waals surface area contributed by atoms with Crippen molar-refractivity contribution in [3.63, 3.8) is 0 Å². The van der Waals surface area contributed by atoms with Crippen molar-refractivity contribution in [1.82, 2.24) is 0 Å². The maximum atomic E-state index is 11.1. The number of aliphatic hydroxyl groups excluding tert-OH is 2. The summed E-state index contributed by atoms with van der Waals surface area (Å²) in [6, 6.07) is 0. The molecule has 2 N–H and O–H groups in total. The fourth-order valence-corrected chi connectivity index (χ4v) is 1.53. The van der Waals surface area contributed by atoms with E-state index in [1.807, 2.05) is 0 Å². The highest BCUT2D eigenvalue weighted by molar-refractivity contribution is 5.75. The normalized spacial score (nSPS) is 31.3. The number of aliphatic hydroxyl groups is 2. The van der Waals surface area contributed by atoms with Gasteiger partial charge in [-0.3, -0.25) is 0 Å². The molecule has 0 radical (unpaired) electrons. The molecule has 1 aliphatic rings. The van der Waals surface area contributed by atoms with Crippen LogP contribution in [0.5, 0.6) is 0 Å². The number of carbonyl (C=O) groups excluding carboxylic acids is 1. The van der Waals surface area contributed by atoms with Gasteiger partial charge >= 0.3 is 5.97 Å². The molecule has 0 aromatic carbocycles. The Morgan fingerprint density at radius 1 is 1.53 bits per heavy atom. The molecule has 3 atom stereocenters. The average Bonchev–Trinajstić information content (AvgIpc) is 2.51. The van der Waals surface area contributed by atoms with Gasteiger partial charge in [-0.15, -0.1) is 0 Å². The molecular weight excluding hydrogens is 204 g/mol. The van der Waals surface area contributed by atoms with Crippen LogP contribution in [-0.4, -0.2) is 54.0 Å². The predicted octanol–water partition coefficient (Wildman–Crippen LogP) is -0.967. The molecule has 6 nitrogen and oxygen atoms in total. The van der Waals surface area contributed by atoms with E-state index in [9.17, 15) is 9.90 Å². The lowest BCUT2D eigenvalue weighted by Crippen LogP contribution is -2.42. The Kier molecular flexibility index (Phi) is 3.67. The first kappa shape index (κ1) is 12.4. The van der Waals surface area contributed by atoms with Crippen LogP contribution in [0.25, 0.3) is 0 Å². The standard InChI is InChI=1S/C9H16O6/c1-9(2)14-5(4-10)7(15-9)6(11)8(12)13-3/h5-7,10-11H,4H2,1-3H3/t5-,6+,7-/m1/s1. The number of hydrogen-bond donors (Lipinski definition) is 2. The van der Waals surface area contributed by atoms with E-state index in [-0.39, 0.29) is 6.61 Å². The summed E-state index contributed by atoms with van der Waals surface area (Å²) in [4.78, 5) is 11.1. The second-order valence-electron chi connectivity index (χ2n) is 3.79. The zero-order valence-corrected chi connectivity index (χ0v) is 8.97. The third kappa shape index (κ3) is 2.66. The molecule has 1 rings (SSSR count). The van der Waals surface area contributed by atoms with Gasteiger partial charge in [-0.25, -0.2) is 4.79 Å². The van der Waals surface area contributed by atoms with Crippen molar-refractivity contribution in [3.05, 3.63) is 0 Å². The fourth-order valence-electron chi connectivity index (χ4n) is 1.53. The molecule has 15 heavy (non-hydrogen) atoms. The molecule has 0 bridgehead atoms. The maximum absolute atomic E-state index is 11.1. The zero-order chi connectivity index (χ0) is 11.6. The van der Waals surface area contributed by atoms with Gasteiger partial charge in [-0.2, -0.15) is 0 Å². The van der Waals surface area contributed by atoms with Gasteiger partial charge < -0.3 is 24.4 Å². The van der Waals surface area contributed by atoms with Gasteiger partial charge in [0.1, 0.15) is 12.2 Å². The molecule has 1 aliphatic heterocycles. The minimum absolute atomic E-state index is 0.331. The van der Waals surface area contributed by atoms with Crippen LogP contribution in [0, 0.1) is 0 Å². The minimum atomic E-state index is -1.45. The smallest absolute Gasteiger partial charge is 0.337 e. The Morgan fingerprint density at radius 2 is 2.13 bits per heavy atom. The van der Waals surface area contributed by atoms with Crippen LogP contribution in [0.4, 0.5) is 0 Å². The molecule has 0 saturated carbocycles. The molecule has 1 heterocycles. The van der Waals surface area contributed by atoms with Crippen molar-refractivity contribution in [2.45, 2.75) is 37.9 Å². The van der Waals surface area contributed by atoms with Gasteiger partial charge in [0, 0.05) is 0 Å². The lowest BCUT2D eigenvalue weighted by molar-refractivity contribution is -0.171. The lowest BCUT2D eigenvalue weighted by Gasteiger charge is -2.19. The number of methoxy groups -OCH3 is 1. The molecule has 0 spiro atoms. The van der Waals surface area contributed by atoms with Gasteiger partial charge in [0.05, 0.1) is 13.7 Å². The Morgan fingerprint density at radius 3 is 2.60 bits per heavy atom. The summed E-state index contributed by atoms with van der Waals surface area (Å²) in [5, 5.41) is 18.6. The van der Waals surface area contributed by atoms with Crippen molar-refractivity contribution in [2.24, 2.45) is 0 Å². The molecule has 6 heteroatoms. The van der Waals surface area contributed by atoms with E-state index in [0.29, 0.717) is 0 Å². The van der Waals surface area contributed by atoms with Crippen LogP contribution in [0.1, 0.15) is 13.8 Å². The van der Waals surface area contributed by atoms with E-state index < -0.39 is 30.1 Å². The fraction of sp³-hybridized carbons (Fsp3) is 0.889. The van der Waals surface area contributed by atoms with Crippen molar-refractivity contribution < 1.29 is 29.2 Å². The molecule has 1 saturated heterocycles. The first-order valence-electron chi connectivity index (χ1n) is 4.63. The molecule has 0 aliphatic carbocycles. The zero-order valence-electron chi connectivity index (χ0n) is 8.97. The Hall–Kier alpha value is -0.690. The third-order valence-electron chi connectivity index (χ3n) is 2.16. The monoisotopic (exact) mass is 220 g/mol. The predicted molar refractivity (Wildman–Crippen MR) is 48.9 cm³/mol. The summed E-state index contributed by atoms with van der Waals surface area (Å²) < 4.78 is 15.0. The molecule has 0 unspecified atom stereocenters. The molecule has 88 valence electrons. The lowest BCUT2D eigenvalue weighted by atomic mass is 10.1. The van der Waals surface area contributed by atoms with Crippen molar-refractivity contribution in [1.29, 1.82) is 0 Å². The van der Waals surface area contributed by atoms with Crippen LogP contribution in [-0.2, 0) is 19.0 Å². The molecule has 0 aromatic rings. The molecular formula is C9H16O6. The van der Waals surface area contributed by atoms with E-state index in [2.05, 4.69) is 4.74 Å². The third-order valence-corrected chi connectivity index (χ3v) is 2.16. The molecule has 1 fully saturated rings. The summed E-state index contributed by atoms with van der Waals surface area (Å²) >= 11 is 0. The second-order valence-corrected chi connectivity index (χ2v) is 3.79. The van der Waals surface area contributed by atoms with E-state index >= 15 is 0 Å². The van der Waals surface area contributed by atoms with Crippen LogP contribution in [0.3, 0.4) is 0 Å². The Labute approximate surface area is 87.7 Å². The molecule has 0 aromatic heterocycles. The number of rotatable bonds is 3. The summed E-state index contributed by atoms with van der Waals surface area (Å²) in [6.07, 6.45) is -3.08. The summed E-state index contributed by atoms with van der Waals surface area (Å²) in [7, 11) is 1.17. The van der Waals surface area contributed by atoms with Crippen LogP contribution in [0.15, 0.2) is 0 Å². The topological polar surface area (TPSA) is 85.2 Å². The quantitative estimate of drug-likeness (QED) is 0.595. The van der Waals surface area contributed by atoms with Gasteiger partial charge in [-0.1, -0.05) is 0 Å². The van der Waals surface area contributed by atoms with Crippen LogP contribution >= 0.6 is 0 Å². The van der Waals surface area contributed by atoms with E-state index in [4.69, 9.17) is 14.6 Å². The number of esters is 1. The highest BCUT2D eigenvalue weighted by Crippen LogP contribution is 2.29. The molecule has 0 amide bonds. The van der Waals surface area contributed by atoms with Crippen molar-refractivity contribution in [3.8, 4) is 0 Å². The number of ether oxygens (including phenoxy) is 3. The summed E-state index contributed by atoms with van der Waals surface area (Å²) in [6.45, 7) is 2.95. The average molecular weight is 220 g/mol. The number of hydrogen-bond acceptors (Lipinski definition) is 6. The van der Waals surface area contributed by atoms with Gasteiger partial charge in [-0.05, 0) is 13.8 Å². The first-order valence-corrected chi connectivity index (χ1v) is 4.63. The highest BCUT2D eigenvalue weighted by Gasteiger charge is 2.47. The van der Waals surface area contributed by atoms with Gasteiger partial charge in [0.15, 0.2) is 11.9 Å². The van der Waals surface area contributed by atoms with Crippen molar-refractivity contribution >= 4 is 5.97 Å². The van der Waals surface area contributed by atoms with Gasteiger partial charge in [0.2, 0.25) is 0 Å². The minimum Gasteiger partial charge on any atom is -0.467 e. The van der Waals surface area contributed by atoms with E-state index in [1.165, 1.54) is 7.11 Å². The van der Waals surface area contributed by atoms with Gasteiger partial charge in [0.25, 0.3) is 0 Å². The highest BCUT2D eigenvalue weighted by atomic mass is 16.8. The number of carbonyl (C=O) groups is 1. The second kappa shape index (κ2) is 4.44. The Balaban J connectivity index is 2.72. The van der Waals surface area contributed by atoms with Crippen LogP contribution < -0.4 is 0 Å². The summed E-state index contributed by atoms with van der Waals surface area (Å²) in [5.41, 5.74) is 0. The van der Waals surface area contributed by atoms with Crippen LogP contribution in [0.2, 0.25) is 0 Å². The van der Waals surface area contributed by atoms with E-state index in [1.54, 1.807) is 13.8 Å². The van der Waals surface area contributed by atoms with Crippen molar-refractivity contribution in [2.75, 3.05) is 13.7 Å². The maximum Gasteiger partial charge on any atom is 0.337 e. The van der Waals surface area contributed by atoms with E-state index in [0.717, 1.165) is 0 Å². The summed E-state index contributed by atoms with van der Waals surface area (Å²) in [5.74, 6) is -1.73. The Bertz CT molecular complexity index is 239. The SMILES string of the molecule is COC(=O)[C@@H](O)[C@@H]1OC(C)(C)O[C@@H]1CO.